The minimum absolute atomic E-state index is 0.0855. The largest absolute Gasteiger partial charge is 0.506 e. The zero-order chi connectivity index (χ0) is 25.5. The Bertz CT molecular complexity index is 1450. The molecule has 0 saturated heterocycles. The van der Waals surface area contributed by atoms with Crippen LogP contribution in [0.1, 0.15) is 51.0 Å². The molecule has 2 heterocycles. The van der Waals surface area contributed by atoms with Crippen LogP contribution in [0.3, 0.4) is 0 Å². The number of benzene rings is 2. The minimum Gasteiger partial charge on any atom is -0.506 e. The van der Waals surface area contributed by atoms with Crippen LogP contribution in [-0.4, -0.2) is 21.3 Å². The molecular formula is C30H31N3O3. The van der Waals surface area contributed by atoms with Crippen LogP contribution >= 0.6 is 0 Å². The number of pyridine rings is 2. The summed E-state index contributed by atoms with van der Waals surface area (Å²) in [6.45, 7) is 2.61. The van der Waals surface area contributed by atoms with Crippen molar-refractivity contribution in [2.75, 3.05) is 6.61 Å². The van der Waals surface area contributed by atoms with Gasteiger partial charge in [0.2, 0.25) is 5.88 Å². The summed E-state index contributed by atoms with van der Waals surface area (Å²) in [5, 5.41) is 21.7. The Hall–Kier alpha value is -4.11. The summed E-state index contributed by atoms with van der Waals surface area (Å²) in [5.74, 6) is 0.0452. The average Bonchev–Trinajstić information content (AvgIpc) is 2.91. The maximum atomic E-state index is 13.4. The summed E-state index contributed by atoms with van der Waals surface area (Å²) < 4.78 is 7.54. The first kappa shape index (κ1) is 25.0. The first-order valence-corrected chi connectivity index (χ1v) is 12.5. The molecule has 0 saturated carbocycles. The maximum absolute atomic E-state index is 13.4. The Morgan fingerprint density at radius 3 is 2.44 bits per heavy atom. The van der Waals surface area contributed by atoms with Crippen molar-refractivity contribution in [2.45, 2.75) is 45.4 Å². The van der Waals surface area contributed by atoms with E-state index in [1.807, 2.05) is 42.5 Å². The van der Waals surface area contributed by atoms with Gasteiger partial charge in [0, 0.05) is 18.0 Å². The first-order chi connectivity index (χ1) is 17.6. The molecular weight excluding hydrogens is 450 g/mol. The number of aryl methyl sites for hydroxylation is 1. The second-order valence-corrected chi connectivity index (χ2v) is 8.93. The highest BCUT2D eigenvalue weighted by Gasteiger charge is 2.22. The SMILES string of the molecule is CCCCCCCCOc1nc(-c2c(O)c3ccccc3n(C)c2=O)cc(-c2ccccc2)c1C#N. The second-order valence-electron chi connectivity index (χ2n) is 8.93. The van der Waals surface area contributed by atoms with Crippen LogP contribution in [-0.2, 0) is 7.05 Å². The molecule has 2 aromatic carbocycles. The minimum atomic E-state index is -0.371. The Morgan fingerprint density at radius 2 is 1.69 bits per heavy atom. The number of hydrogen-bond donors (Lipinski definition) is 1. The van der Waals surface area contributed by atoms with Gasteiger partial charge in [-0.15, -0.1) is 0 Å². The van der Waals surface area contributed by atoms with Gasteiger partial charge in [-0.05, 0) is 30.2 Å². The number of hydrogen-bond acceptors (Lipinski definition) is 5. The molecule has 4 rings (SSSR count). The predicted octanol–water partition coefficient (Wildman–Crippen LogP) is 6.58. The molecule has 0 unspecified atom stereocenters. The van der Waals surface area contributed by atoms with E-state index in [-0.39, 0.29) is 28.4 Å². The number of unbranched alkanes of at least 4 members (excludes halogenated alkanes) is 5. The number of fused-ring (bicyclic) bond motifs is 1. The van der Waals surface area contributed by atoms with E-state index in [0.717, 1.165) is 24.8 Å². The lowest BCUT2D eigenvalue weighted by Gasteiger charge is -2.15. The number of aromatic hydroxyl groups is 1. The fourth-order valence-corrected chi connectivity index (χ4v) is 4.47. The third-order valence-corrected chi connectivity index (χ3v) is 6.45. The molecule has 0 aliphatic rings. The van der Waals surface area contributed by atoms with Crippen LogP contribution in [0.5, 0.6) is 11.6 Å². The van der Waals surface area contributed by atoms with Gasteiger partial charge in [0.25, 0.3) is 5.56 Å². The summed E-state index contributed by atoms with van der Waals surface area (Å²) in [6, 6.07) is 20.6. The van der Waals surface area contributed by atoms with Gasteiger partial charge in [-0.1, -0.05) is 81.5 Å². The monoisotopic (exact) mass is 481 g/mol. The van der Waals surface area contributed by atoms with Crippen molar-refractivity contribution >= 4 is 10.9 Å². The lowest BCUT2D eigenvalue weighted by atomic mass is 9.98. The maximum Gasteiger partial charge on any atom is 0.264 e. The number of nitrogens with zero attached hydrogens (tertiary/aromatic N) is 3. The fraction of sp³-hybridized carbons (Fsp3) is 0.300. The van der Waals surface area contributed by atoms with E-state index in [4.69, 9.17) is 4.74 Å². The number of aromatic nitrogens is 2. The van der Waals surface area contributed by atoms with Gasteiger partial charge in [-0.2, -0.15) is 5.26 Å². The van der Waals surface area contributed by atoms with Crippen LogP contribution in [0.4, 0.5) is 0 Å². The highest BCUT2D eigenvalue weighted by atomic mass is 16.5. The molecule has 1 N–H and O–H groups in total. The van der Waals surface area contributed by atoms with E-state index >= 15 is 0 Å². The summed E-state index contributed by atoms with van der Waals surface area (Å²) >= 11 is 0. The molecule has 184 valence electrons. The zero-order valence-electron chi connectivity index (χ0n) is 20.8. The Balaban J connectivity index is 1.81. The number of nitriles is 1. The van der Waals surface area contributed by atoms with Crippen molar-refractivity contribution in [2.24, 2.45) is 7.05 Å². The molecule has 0 bridgehead atoms. The number of ether oxygens (including phenoxy) is 1. The Labute approximate surface area is 211 Å². The van der Waals surface area contributed by atoms with Crippen molar-refractivity contribution in [3.63, 3.8) is 0 Å². The van der Waals surface area contributed by atoms with E-state index < -0.39 is 0 Å². The highest BCUT2D eigenvalue weighted by Crippen LogP contribution is 2.37. The van der Waals surface area contributed by atoms with Gasteiger partial charge < -0.3 is 14.4 Å². The van der Waals surface area contributed by atoms with Crippen LogP contribution in [0.2, 0.25) is 0 Å². The summed E-state index contributed by atoms with van der Waals surface area (Å²) in [6.07, 6.45) is 6.67. The topological polar surface area (TPSA) is 88.1 Å². The Kier molecular flexibility index (Phi) is 8.02. The fourth-order valence-electron chi connectivity index (χ4n) is 4.47. The van der Waals surface area contributed by atoms with E-state index in [2.05, 4.69) is 18.0 Å². The molecule has 2 aromatic heterocycles. The van der Waals surface area contributed by atoms with Gasteiger partial charge in [0.15, 0.2) is 0 Å². The van der Waals surface area contributed by atoms with E-state index in [1.54, 1.807) is 25.2 Å². The molecule has 0 fully saturated rings. The van der Waals surface area contributed by atoms with Crippen molar-refractivity contribution in [1.29, 1.82) is 5.26 Å². The van der Waals surface area contributed by atoms with Gasteiger partial charge in [-0.3, -0.25) is 4.79 Å². The second kappa shape index (κ2) is 11.5. The van der Waals surface area contributed by atoms with Crippen LogP contribution in [0.15, 0.2) is 65.5 Å². The summed E-state index contributed by atoms with van der Waals surface area (Å²) in [7, 11) is 1.67. The van der Waals surface area contributed by atoms with E-state index in [9.17, 15) is 15.2 Å². The molecule has 0 spiro atoms. The lowest BCUT2D eigenvalue weighted by Crippen LogP contribution is -2.20. The average molecular weight is 482 g/mol. The number of para-hydroxylation sites is 1. The van der Waals surface area contributed by atoms with E-state index in [1.165, 1.54) is 23.8 Å². The Morgan fingerprint density at radius 1 is 1.00 bits per heavy atom. The predicted molar refractivity (Wildman–Crippen MR) is 143 cm³/mol. The molecule has 0 aliphatic heterocycles. The quantitative estimate of drug-likeness (QED) is 0.258. The molecule has 6 nitrogen and oxygen atoms in total. The zero-order valence-corrected chi connectivity index (χ0v) is 20.8. The smallest absolute Gasteiger partial charge is 0.264 e. The third-order valence-electron chi connectivity index (χ3n) is 6.45. The molecule has 0 amide bonds. The summed E-state index contributed by atoms with van der Waals surface area (Å²) in [5.41, 5.74) is 2.34. The van der Waals surface area contributed by atoms with Crippen molar-refractivity contribution in [1.82, 2.24) is 9.55 Å². The van der Waals surface area contributed by atoms with Crippen LogP contribution < -0.4 is 10.3 Å². The van der Waals surface area contributed by atoms with E-state index in [0.29, 0.717) is 28.6 Å². The molecule has 4 aromatic rings. The van der Waals surface area contributed by atoms with Gasteiger partial charge in [0.1, 0.15) is 22.9 Å². The highest BCUT2D eigenvalue weighted by molar-refractivity contribution is 5.92. The van der Waals surface area contributed by atoms with Crippen molar-refractivity contribution in [3.8, 4) is 40.1 Å². The molecule has 0 atom stereocenters. The van der Waals surface area contributed by atoms with Gasteiger partial charge >= 0.3 is 0 Å². The van der Waals surface area contributed by atoms with Crippen molar-refractivity contribution < 1.29 is 9.84 Å². The molecule has 36 heavy (non-hydrogen) atoms. The van der Waals surface area contributed by atoms with Crippen LogP contribution in [0.25, 0.3) is 33.3 Å². The summed E-state index contributed by atoms with van der Waals surface area (Å²) in [4.78, 5) is 18.0. The third kappa shape index (κ3) is 5.11. The standard InChI is InChI=1S/C30H31N3O3/c1-3-4-5-6-7-13-18-36-29-24(20-31)23(21-14-9-8-10-15-21)19-25(32-29)27-28(34)22-16-11-12-17-26(22)33(2)30(27)35/h8-12,14-17,19,34H,3-7,13,18H2,1-2H3. The van der Waals surface area contributed by atoms with Gasteiger partial charge in [0.05, 0.1) is 17.8 Å². The van der Waals surface area contributed by atoms with Crippen molar-refractivity contribution in [3.05, 3.63) is 76.6 Å². The number of rotatable bonds is 10. The normalized spacial score (nSPS) is 10.9. The van der Waals surface area contributed by atoms with Gasteiger partial charge in [-0.25, -0.2) is 4.98 Å². The molecule has 6 heteroatoms. The first-order valence-electron chi connectivity index (χ1n) is 12.5. The molecule has 0 radical (unpaired) electrons. The molecule has 0 aliphatic carbocycles. The van der Waals surface area contributed by atoms with Crippen LogP contribution in [0, 0.1) is 11.3 Å². The lowest BCUT2D eigenvalue weighted by molar-refractivity contribution is 0.293.